The molecule has 0 aliphatic carbocycles. The molecule has 2 N–H and O–H groups in total. The fourth-order valence-corrected chi connectivity index (χ4v) is 1.87. The van der Waals surface area contributed by atoms with Gasteiger partial charge in [0.2, 0.25) is 5.91 Å². The van der Waals surface area contributed by atoms with Crippen LogP contribution >= 0.6 is 0 Å². The lowest BCUT2D eigenvalue weighted by Crippen LogP contribution is -2.33. The number of carbonyl (C=O) groups excluding carboxylic acids is 1. The van der Waals surface area contributed by atoms with Crippen LogP contribution in [0.25, 0.3) is 10.9 Å². The van der Waals surface area contributed by atoms with E-state index in [0.717, 1.165) is 16.5 Å². The van der Waals surface area contributed by atoms with E-state index in [-0.39, 0.29) is 5.91 Å². The third-order valence-corrected chi connectivity index (χ3v) is 3.02. The van der Waals surface area contributed by atoms with E-state index < -0.39 is 5.41 Å². The van der Waals surface area contributed by atoms with Crippen molar-refractivity contribution in [3.63, 3.8) is 0 Å². The molecule has 0 atom stereocenters. The molecule has 2 aromatic rings. The Kier molecular flexibility index (Phi) is 2.84. The Hall–Kier alpha value is -1.90. The number of nitrogens with zero attached hydrogens (tertiary/aromatic N) is 1. The SMILES string of the molecule is CC(C)(Cc1cccc2cccnc12)C(N)=O. The highest BCUT2D eigenvalue weighted by Gasteiger charge is 2.26. The first-order chi connectivity index (χ1) is 8.00. The summed E-state index contributed by atoms with van der Waals surface area (Å²) in [6, 6.07) is 9.92. The lowest BCUT2D eigenvalue weighted by Gasteiger charge is -2.20. The summed E-state index contributed by atoms with van der Waals surface area (Å²) in [6.07, 6.45) is 2.37. The molecule has 0 fully saturated rings. The number of amides is 1. The first-order valence-electron chi connectivity index (χ1n) is 5.63. The Bertz CT molecular complexity index is 556. The van der Waals surface area contributed by atoms with E-state index in [1.165, 1.54) is 0 Å². The van der Waals surface area contributed by atoms with Crippen LogP contribution in [-0.4, -0.2) is 10.9 Å². The fraction of sp³-hybridized carbons (Fsp3) is 0.286. The molecule has 0 bridgehead atoms. The van der Waals surface area contributed by atoms with Gasteiger partial charge in [0.25, 0.3) is 0 Å². The number of carbonyl (C=O) groups is 1. The number of benzene rings is 1. The monoisotopic (exact) mass is 228 g/mol. The van der Waals surface area contributed by atoms with Crippen LogP contribution in [0.4, 0.5) is 0 Å². The van der Waals surface area contributed by atoms with Crippen molar-refractivity contribution in [2.24, 2.45) is 11.1 Å². The van der Waals surface area contributed by atoms with Crippen LogP contribution in [0.1, 0.15) is 19.4 Å². The summed E-state index contributed by atoms with van der Waals surface area (Å²) in [5.41, 5.74) is 6.86. The second-order valence-corrected chi connectivity index (χ2v) is 4.92. The average Bonchev–Trinajstić information content (AvgIpc) is 2.29. The molecule has 0 unspecified atom stereocenters. The van der Waals surface area contributed by atoms with Gasteiger partial charge in [-0.05, 0) is 18.1 Å². The van der Waals surface area contributed by atoms with E-state index in [0.29, 0.717) is 6.42 Å². The number of nitrogens with two attached hydrogens (primary N) is 1. The van der Waals surface area contributed by atoms with Gasteiger partial charge in [-0.1, -0.05) is 38.1 Å². The first-order valence-corrected chi connectivity index (χ1v) is 5.63. The minimum Gasteiger partial charge on any atom is -0.369 e. The van der Waals surface area contributed by atoms with E-state index in [9.17, 15) is 4.79 Å². The summed E-state index contributed by atoms with van der Waals surface area (Å²) in [5.74, 6) is -0.287. The highest BCUT2D eigenvalue weighted by atomic mass is 16.1. The maximum Gasteiger partial charge on any atom is 0.223 e. The molecule has 1 amide bonds. The molecule has 0 aliphatic heterocycles. The minimum atomic E-state index is -0.550. The predicted octanol–water partition coefficient (Wildman–Crippen LogP) is 2.29. The average molecular weight is 228 g/mol. The second-order valence-electron chi connectivity index (χ2n) is 4.92. The van der Waals surface area contributed by atoms with E-state index in [1.54, 1.807) is 6.20 Å². The smallest absolute Gasteiger partial charge is 0.223 e. The zero-order chi connectivity index (χ0) is 12.5. The van der Waals surface area contributed by atoms with Crippen LogP contribution in [-0.2, 0) is 11.2 Å². The Morgan fingerprint density at radius 1 is 1.29 bits per heavy atom. The fourth-order valence-electron chi connectivity index (χ4n) is 1.87. The van der Waals surface area contributed by atoms with Crippen molar-refractivity contribution >= 4 is 16.8 Å². The molecule has 1 aromatic carbocycles. The largest absolute Gasteiger partial charge is 0.369 e. The Morgan fingerprint density at radius 2 is 2.00 bits per heavy atom. The van der Waals surface area contributed by atoms with E-state index in [2.05, 4.69) is 4.98 Å². The van der Waals surface area contributed by atoms with Gasteiger partial charge in [-0.15, -0.1) is 0 Å². The van der Waals surface area contributed by atoms with Crippen LogP contribution in [0, 0.1) is 5.41 Å². The molecule has 0 radical (unpaired) electrons. The topological polar surface area (TPSA) is 56.0 Å². The molecule has 0 aliphatic rings. The summed E-state index contributed by atoms with van der Waals surface area (Å²) >= 11 is 0. The molecule has 88 valence electrons. The van der Waals surface area contributed by atoms with Gasteiger partial charge in [-0.2, -0.15) is 0 Å². The number of pyridine rings is 1. The molecule has 17 heavy (non-hydrogen) atoms. The van der Waals surface area contributed by atoms with Gasteiger partial charge in [-0.3, -0.25) is 9.78 Å². The molecular formula is C14H16N2O. The van der Waals surface area contributed by atoms with Crippen molar-refractivity contribution < 1.29 is 4.79 Å². The van der Waals surface area contributed by atoms with E-state index in [4.69, 9.17) is 5.73 Å². The molecule has 0 saturated heterocycles. The van der Waals surface area contributed by atoms with Crippen molar-refractivity contribution in [2.75, 3.05) is 0 Å². The maximum atomic E-state index is 11.4. The predicted molar refractivity (Wildman–Crippen MR) is 68.4 cm³/mol. The summed E-state index contributed by atoms with van der Waals surface area (Å²) in [7, 11) is 0. The second kappa shape index (κ2) is 4.17. The minimum absolute atomic E-state index is 0.287. The third-order valence-electron chi connectivity index (χ3n) is 3.02. The summed E-state index contributed by atoms with van der Waals surface area (Å²) < 4.78 is 0. The molecule has 0 spiro atoms. The number of rotatable bonds is 3. The Morgan fingerprint density at radius 3 is 2.71 bits per heavy atom. The summed E-state index contributed by atoms with van der Waals surface area (Å²) in [6.45, 7) is 3.72. The zero-order valence-corrected chi connectivity index (χ0v) is 10.1. The number of primary amides is 1. The van der Waals surface area contributed by atoms with Gasteiger partial charge < -0.3 is 5.73 Å². The highest BCUT2D eigenvalue weighted by molar-refractivity contribution is 5.84. The summed E-state index contributed by atoms with van der Waals surface area (Å²) in [5, 5.41) is 1.09. The maximum absolute atomic E-state index is 11.4. The van der Waals surface area contributed by atoms with Gasteiger partial charge in [0, 0.05) is 17.0 Å². The number of para-hydroxylation sites is 1. The van der Waals surface area contributed by atoms with Gasteiger partial charge >= 0.3 is 0 Å². The third kappa shape index (κ3) is 2.28. The van der Waals surface area contributed by atoms with Crippen LogP contribution in [0.3, 0.4) is 0 Å². The lowest BCUT2D eigenvalue weighted by atomic mass is 9.84. The number of aromatic nitrogens is 1. The summed E-state index contributed by atoms with van der Waals surface area (Å²) in [4.78, 5) is 15.7. The molecule has 2 rings (SSSR count). The van der Waals surface area contributed by atoms with Crippen molar-refractivity contribution in [1.82, 2.24) is 4.98 Å². The molecule has 3 heteroatoms. The van der Waals surface area contributed by atoms with Gasteiger partial charge in [0.05, 0.1) is 5.52 Å². The van der Waals surface area contributed by atoms with Gasteiger partial charge in [0.1, 0.15) is 0 Å². The quantitative estimate of drug-likeness (QED) is 0.876. The van der Waals surface area contributed by atoms with Crippen LogP contribution < -0.4 is 5.73 Å². The van der Waals surface area contributed by atoms with Crippen molar-refractivity contribution in [2.45, 2.75) is 20.3 Å². The van der Waals surface area contributed by atoms with Crippen molar-refractivity contribution in [3.8, 4) is 0 Å². The van der Waals surface area contributed by atoms with E-state index >= 15 is 0 Å². The molecule has 3 nitrogen and oxygen atoms in total. The number of hydrogen-bond donors (Lipinski definition) is 1. The van der Waals surface area contributed by atoms with Crippen LogP contribution in [0.15, 0.2) is 36.5 Å². The highest BCUT2D eigenvalue weighted by Crippen LogP contribution is 2.25. The zero-order valence-electron chi connectivity index (χ0n) is 10.1. The normalized spacial score (nSPS) is 11.6. The van der Waals surface area contributed by atoms with Crippen LogP contribution in [0.2, 0.25) is 0 Å². The molecule has 0 saturated carbocycles. The number of fused-ring (bicyclic) bond motifs is 1. The number of hydrogen-bond acceptors (Lipinski definition) is 2. The lowest BCUT2D eigenvalue weighted by molar-refractivity contribution is -0.125. The molecule has 1 heterocycles. The van der Waals surface area contributed by atoms with Gasteiger partial charge in [0.15, 0.2) is 0 Å². The Labute approximate surface area is 101 Å². The van der Waals surface area contributed by atoms with Crippen LogP contribution in [0.5, 0.6) is 0 Å². The van der Waals surface area contributed by atoms with Crippen molar-refractivity contribution in [3.05, 3.63) is 42.1 Å². The standard InChI is InChI=1S/C14H16N2O/c1-14(2,13(15)17)9-11-6-3-5-10-7-4-8-16-12(10)11/h3-8H,9H2,1-2H3,(H2,15,17). The Balaban J connectivity index is 2.46. The van der Waals surface area contributed by atoms with Crippen molar-refractivity contribution in [1.29, 1.82) is 0 Å². The van der Waals surface area contributed by atoms with E-state index in [1.807, 2.05) is 44.2 Å². The first kappa shape index (κ1) is 11.6. The van der Waals surface area contributed by atoms with Gasteiger partial charge in [-0.25, -0.2) is 0 Å². The molecular weight excluding hydrogens is 212 g/mol. The molecule has 1 aromatic heterocycles.